The van der Waals surface area contributed by atoms with Gasteiger partial charge in [-0.15, -0.1) is 0 Å². The number of amides is 1. The Morgan fingerprint density at radius 3 is 2.65 bits per heavy atom. The quantitative estimate of drug-likeness (QED) is 0.652. The second kappa shape index (κ2) is 6.89. The van der Waals surface area contributed by atoms with E-state index in [2.05, 4.69) is 5.32 Å². The molecule has 2 aromatic carbocycles. The van der Waals surface area contributed by atoms with E-state index < -0.39 is 16.9 Å². The van der Waals surface area contributed by atoms with Crippen LogP contribution in [0.15, 0.2) is 42.5 Å². The van der Waals surface area contributed by atoms with Crippen molar-refractivity contribution < 1.29 is 19.6 Å². The number of nitrogens with one attached hydrogen (secondary N) is 1. The number of carbonyl (C=O) groups is 1. The maximum Gasteiger partial charge on any atom is 0.311 e. The molecule has 0 heterocycles. The molecule has 0 saturated heterocycles. The minimum atomic E-state index is -0.658. The molecular weight excluding hydrogens is 300 g/mol. The molecule has 0 aromatic heterocycles. The Kier molecular flexibility index (Phi) is 4.92. The molecule has 7 nitrogen and oxygen atoms in total. The van der Waals surface area contributed by atoms with E-state index in [4.69, 9.17) is 4.74 Å². The van der Waals surface area contributed by atoms with Gasteiger partial charge >= 0.3 is 5.69 Å². The van der Waals surface area contributed by atoms with E-state index in [0.717, 1.165) is 6.07 Å². The van der Waals surface area contributed by atoms with Crippen LogP contribution in [-0.2, 0) is 0 Å². The summed E-state index contributed by atoms with van der Waals surface area (Å²) in [5, 5.41) is 23.2. The Morgan fingerprint density at radius 2 is 2.04 bits per heavy atom. The smallest absolute Gasteiger partial charge is 0.311 e. The number of aliphatic hydroxyl groups excluding tert-OH is 1. The van der Waals surface area contributed by atoms with Crippen LogP contribution in [-0.4, -0.2) is 23.0 Å². The second-order valence-corrected chi connectivity index (χ2v) is 4.90. The zero-order valence-corrected chi connectivity index (χ0v) is 12.6. The molecule has 120 valence electrons. The summed E-state index contributed by atoms with van der Waals surface area (Å²) in [4.78, 5) is 22.6. The summed E-state index contributed by atoms with van der Waals surface area (Å²) >= 11 is 0. The molecule has 2 rings (SSSR count). The van der Waals surface area contributed by atoms with E-state index in [9.17, 15) is 20.0 Å². The van der Waals surface area contributed by atoms with Crippen LogP contribution in [0.2, 0.25) is 0 Å². The predicted octanol–water partition coefficient (Wildman–Crippen LogP) is 2.91. The van der Waals surface area contributed by atoms with Crippen LogP contribution >= 0.6 is 0 Å². The van der Waals surface area contributed by atoms with Crippen molar-refractivity contribution in [1.29, 1.82) is 0 Å². The number of nitro groups is 1. The number of hydrogen-bond acceptors (Lipinski definition) is 5. The number of nitro benzene ring substituents is 1. The van der Waals surface area contributed by atoms with Crippen LogP contribution in [0.4, 0.5) is 11.4 Å². The van der Waals surface area contributed by atoms with Gasteiger partial charge in [-0.2, -0.15) is 0 Å². The SMILES string of the molecule is COc1ccc(C(=O)Nc2cccc(C(C)O)c2)cc1[N+](=O)[O-]. The number of hydrogen-bond donors (Lipinski definition) is 2. The first-order valence-electron chi connectivity index (χ1n) is 6.84. The van der Waals surface area contributed by atoms with Gasteiger partial charge in [-0.1, -0.05) is 12.1 Å². The molecule has 2 aromatic rings. The molecule has 1 unspecified atom stereocenters. The summed E-state index contributed by atoms with van der Waals surface area (Å²) in [6.45, 7) is 1.62. The van der Waals surface area contributed by atoms with Crippen LogP contribution in [0, 0.1) is 10.1 Å². The van der Waals surface area contributed by atoms with Crippen LogP contribution in [0.5, 0.6) is 5.75 Å². The van der Waals surface area contributed by atoms with Crippen molar-refractivity contribution in [3.8, 4) is 5.75 Å². The van der Waals surface area contributed by atoms with E-state index in [1.165, 1.54) is 19.2 Å². The monoisotopic (exact) mass is 316 g/mol. The number of aliphatic hydroxyl groups is 1. The Balaban J connectivity index is 2.26. The first-order valence-corrected chi connectivity index (χ1v) is 6.84. The molecular formula is C16H16N2O5. The van der Waals surface area contributed by atoms with Gasteiger partial charge in [0.1, 0.15) is 0 Å². The van der Waals surface area contributed by atoms with Crippen molar-refractivity contribution in [2.45, 2.75) is 13.0 Å². The molecule has 1 amide bonds. The minimum Gasteiger partial charge on any atom is -0.490 e. The van der Waals surface area contributed by atoms with E-state index in [0.29, 0.717) is 11.3 Å². The average Bonchev–Trinajstić information content (AvgIpc) is 2.54. The van der Waals surface area contributed by atoms with E-state index >= 15 is 0 Å². The highest BCUT2D eigenvalue weighted by Gasteiger charge is 2.18. The highest BCUT2D eigenvalue weighted by Crippen LogP contribution is 2.28. The number of carbonyl (C=O) groups excluding carboxylic acids is 1. The Bertz CT molecular complexity index is 743. The number of rotatable bonds is 5. The Hall–Kier alpha value is -2.93. The molecule has 23 heavy (non-hydrogen) atoms. The van der Waals surface area contributed by atoms with E-state index in [-0.39, 0.29) is 17.0 Å². The second-order valence-electron chi connectivity index (χ2n) is 4.90. The summed E-state index contributed by atoms with van der Waals surface area (Å²) in [6.07, 6.45) is -0.658. The molecule has 0 aliphatic carbocycles. The van der Waals surface area contributed by atoms with Gasteiger partial charge in [0.15, 0.2) is 5.75 Å². The number of anilines is 1. The summed E-state index contributed by atoms with van der Waals surface area (Å²) in [6, 6.07) is 10.7. The third kappa shape index (κ3) is 3.83. The van der Waals surface area contributed by atoms with Crippen LogP contribution < -0.4 is 10.1 Å². The summed E-state index contributed by atoms with van der Waals surface area (Å²) in [5.41, 5.74) is 1.01. The molecule has 0 bridgehead atoms. The largest absolute Gasteiger partial charge is 0.490 e. The van der Waals surface area contributed by atoms with Crippen molar-refractivity contribution in [2.75, 3.05) is 12.4 Å². The fraction of sp³-hybridized carbons (Fsp3) is 0.188. The third-order valence-corrected chi connectivity index (χ3v) is 3.26. The van der Waals surface area contributed by atoms with Crippen LogP contribution in [0.1, 0.15) is 28.9 Å². The molecule has 7 heteroatoms. The van der Waals surface area contributed by atoms with E-state index in [1.807, 2.05) is 0 Å². The lowest BCUT2D eigenvalue weighted by atomic mass is 10.1. The van der Waals surface area contributed by atoms with Gasteiger partial charge < -0.3 is 15.2 Å². The number of methoxy groups -OCH3 is 1. The van der Waals surface area contributed by atoms with Gasteiger partial charge in [0.25, 0.3) is 5.91 Å². The highest BCUT2D eigenvalue weighted by molar-refractivity contribution is 6.04. The average molecular weight is 316 g/mol. The van der Waals surface area contributed by atoms with Crippen molar-refractivity contribution in [3.63, 3.8) is 0 Å². The van der Waals surface area contributed by atoms with Crippen LogP contribution in [0.3, 0.4) is 0 Å². The fourth-order valence-corrected chi connectivity index (χ4v) is 2.05. The van der Waals surface area contributed by atoms with Gasteiger partial charge in [0.2, 0.25) is 0 Å². The molecule has 0 spiro atoms. The number of ether oxygens (including phenoxy) is 1. The van der Waals surface area contributed by atoms with Gasteiger partial charge in [-0.3, -0.25) is 14.9 Å². The standard InChI is InChI=1S/C16H16N2O5/c1-10(19)11-4-3-5-13(8-11)17-16(20)12-6-7-15(23-2)14(9-12)18(21)22/h3-10,19H,1-2H3,(H,17,20). The first-order chi connectivity index (χ1) is 10.9. The zero-order valence-electron chi connectivity index (χ0n) is 12.6. The predicted molar refractivity (Wildman–Crippen MR) is 84.7 cm³/mol. The molecule has 2 N–H and O–H groups in total. The van der Waals surface area contributed by atoms with Gasteiger partial charge in [-0.05, 0) is 36.8 Å². The fourth-order valence-electron chi connectivity index (χ4n) is 2.05. The number of benzene rings is 2. The maximum absolute atomic E-state index is 12.2. The summed E-state index contributed by atoms with van der Waals surface area (Å²) in [7, 11) is 1.32. The highest BCUT2D eigenvalue weighted by atomic mass is 16.6. The maximum atomic E-state index is 12.2. The molecule has 1 atom stereocenters. The summed E-state index contributed by atoms with van der Waals surface area (Å²) in [5.74, 6) is -0.402. The lowest BCUT2D eigenvalue weighted by molar-refractivity contribution is -0.385. The zero-order chi connectivity index (χ0) is 17.0. The third-order valence-electron chi connectivity index (χ3n) is 3.26. The first kappa shape index (κ1) is 16.4. The van der Waals surface area contributed by atoms with E-state index in [1.54, 1.807) is 31.2 Å². The molecule has 0 aliphatic heterocycles. The molecule has 0 aliphatic rings. The van der Waals surface area contributed by atoms with Crippen molar-refractivity contribution >= 4 is 17.3 Å². The van der Waals surface area contributed by atoms with Crippen LogP contribution in [0.25, 0.3) is 0 Å². The van der Waals surface area contributed by atoms with Gasteiger partial charge in [-0.25, -0.2) is 0 Å². The Morgan fingerprint density at radius 1 is 1.30 bits per heavy atom. The molecule has 0 radical (unpaired) electrons. The molecule has 0 saturated carbocycles. The Labute approximate surface area is 132 Å². The lowest BCUT2D eigenvalue weighted by Gasteiger charge is -2.09. The molecule has 0 fully saturated rings. The van der Waals surface area contributed by atoms with Crippen molar-refractivity contribution in [1.82, 2.24) is 0 Å². The normalized spacial score (nSPS) is 11.6. The number of nitrogens with zero attached hydrogens (tertiary/aromatic N) is 1. The minimum absolute atomic E-state index is 0.0858. The van der Waals surface area contributed by atoms with Gasteiger partial charge in [0.05, 0.1) is 18.1 Å². The lowest BCUT2D eigenvalue weighted by Crippen LogP contribution is -2.12. The topological polar surface area (TPSA) is 102 Å². The van der Waals surface area contributed by atoms with Crippen molar-refractivity contribution in [2.24, 2.45) is 0 Å². The van der Waals surface area contributed by atoms with Crippen molar-refractivity contribution in [3.05, 3.63) is 63.7 Å². The summed E-state index contributed by atoms with van der Waals surface area (Å²) < 4.78 is 4.90. The van der Waals surface area contributed by atoms with Gasteiger partial charge in [0, 0.05) is 17.3 Å².